The lowest BCUT2D eigenvalue weighted by Crippen LogP contribution is -2.24. The van der Waals surface area contributed by atoms with Crippen LogP contribution < -0.4 is 0 Å². The van der Waals surface area contributed by atoms with Crippen LogP contribution in [0.1, 0.15) is 93.6 Å². The van der Waals surface area contributed by atoms with Crippen molar-refractivity contribution in [1.29, 1.82) is 0 Å². The molecule has 4 rings (SSSR count). The standard InChI is InChI=1S/C19H27NO3/c1-11(2)7-12-8-15(9-12)19-17(13-3-4-13)18(20-23-19)14-5-6-22-16(21)10-14/h11-15H,3-10H2,1-2H3. The number of carbonyl (C=O) groups is 1. The molecule has 1 atom stereocenters. The van der Waals surface area contributed by atoms with E-state index in [1.165, 1.54) is 37.7 Å². The van der Waals surface area contributed by atoms with E-state index in [4.69, 9.17) is 9.26 Å². The van der Waals surface area contributed by atoms with Crippen molar-refractivity contribution in [2.24, 2.45) is 11.8 Å². The lowest BCUT2D eigenvalue weighted by molar-refractivity contribution is -0.147. The van der Waals surface area contributed by atoms with Crippen molar-refractivity contribution in [3.63, 3.8) is 0 Å². The normalized spacial score (nSPS) is 31.1. The lowest BCUT2D eigenvalue weighted by Gasteiger charge is -2.35. The maximum absolute atomic E-state index is 11.6. The van der Waals surface area contributed by atoms with Crippen LogP contribution in [-0.4, -0.2) is 17.7 Å². The zero-order chi connectivity index (χ0) is 16.0. The fourth-order valence-electron chi connectivity index (χ4n) is 4.41. The van der Waals surface area contributed by atoms with Crippen molar-refractivity contribution in [3.05, 3.63) is 17.0 Å². The molecule has 3 aliphatic rings. The first-order chi connectivity index (χ1) is 11.1. The average Bonchev–Trinajstić information content (AvgIpc) is 3.21. The average molecular weight is 317 g/mol. The number of carbonyl (C=O) groups excluding carboxylic acids is 1. The number of nitrogens with zero attached hydrogens (tertiary/aromatic N) is 1. The summed E-state index contributed by atoms with van der Waals surface area (Å²) in [7, 11) is 0. The van der Waals surface area contributed by atoms with E-state index in [9.17, 15) is 4.79 Å². The van der Waals surface area contributed by atoms with Gasteiger partial charge < -0.3 is 9.26 Å². The minimum absolute atomic E-state index is 0.0896. The number of aromatic nitrogens is 1. The van der Waals surface area contributed by atoms with Gasteiger partial charge in [0.1, 0.15) is 5.76 Å². The molecule has 3 fully saturated rings. The van der Waals surface area contributed by atoms with Crippen LogP contribution in [0.5, 0.6) is 0 Å². The summed E-state index contributed by atoms with van der Waals surface area (Å²) >= 11 is 0. The van der Waals surface area contributed by atoms with Gasteiger partial charge in [-0.15, -0.1) is 0 Å². The molecule has 1 unspecified atom stereocenters. The van der Waals surface area contributed by atoms with Crippen molar-refractivity contribution in [1.82, 2.24) is 5.16 Å². The fourth-order valence-corrected chi connectivity index (χ4v) is 4.41. The fraction of sp³-hybridized carbons (Fsp3) is 0.789. The van der Waals surface area contributed by atoms with E-state index >= 15 is 0 Å². The van der Waals surface area contributed by atoms with Crippen LogP contribution in [0.2, 0.25) is 0 Å². The van der Waals surface area contributed by atoms with Gasteiger partial charge in [-0.2, -0.15) is 0 Å². The van der Waals surface area contributed by atoms with Crippen LogP contribution in [0, 0.1) is 11.8 Å². The highest BCUT2D eigenvalue weighted by atomic mass is 16.5. The third-order valence-corrected chi connectivity index (χ3v) is 5.71. The Morgan fingerprint density at radius 2 is 1.91 bits per heavy atom. The molecule has 126 valence electrons. The van der Waals surface area contributed by atoms with Gasteiger partial charge in [0.2, 0.25) is 0 Å². The Kier molecular flexibility index (Phi) is 3.94. The van der Waals surface area contributed by atoms with Crippen molar-refractivity contribution < 1.29 is 14.1 Å². The molecule has 4 heteroatoms. The van der Waals surface area contributed by atoms with Gasteiger partial charge in [-0.05, 0) is 56.3 Å². The molecule has 0 N–H and O–H groups in total. The Balaban J connectivity index is 1.51. The van der Waals surface area contributed by atoms with E-state index < -0.39 is 0 Å². The first-order valence-electron chi connectivity index (χ1n) is 9.26. The Hall–Kier alpha value is -1.32. The van der Waals surface area contributed by atoms with Crippen molar-refractivity contribution in [3.8, 4) is 0 Å². The molecule has 1 saturated heterocycles. The lowest BCUT2D eigenvalue weighted by atomic mass is 9.69. The molecule has 23 heavy (non-hydrogen) atoms. The maximum Gasteiger partial charge on any atom is 0.306 e. The Labute approximate surface area is 137 Å². The number of rotatable bonds is 5. The molecule has 0 amide bonds. The zero-order valence-electron chi connectivity index (χ0n) is 14.2. The molecule has 2 heterocycles. The third-order valence-electron chi connectivity index (χ3n) is 5.71. The largest absolute Gasteiger partial charge is 0.466 e. The summed E-state index contributed by atoms with van der Waals surface area (Å²) < 4.78 is 10.9. The van der Waals surface area contributed by atoms with Crippen LogP contribution >= 0.6 is 0 Å². The molecule has 1 aromatic rings. The van der Waals surface area contributed by atoms with E-state index in [-0.39, 0.29) is 11.9 Å². The Morgan fingerprint density at radius 1 is 1.13 bits per heavy atom. The van der Waals surface area contributed by atoms with E-state index in [1.807, 2.05) is 0 Å². The van der Waals surface area contributed by atoms with Crippen LogP contribution in [0.25, 0.3) is 0 Å². The Morgan fingerprint density at radius 3 is 2.57 bits per heavy atom. The third kappa shape index (κ3) is 3.05. The quantitative estimate of drug-likeness (QED) is 0.750. The van der Waals surface area contributed by atoms with Gasteiger partial charge in [0.15, 0.2) is 0 Å². The van der Waals surface area contributed by atoms with Gasteiger partial charge in [-0.1, -0.05) is 19.0 Å². The maximum atomic E-state index is 11.6. The summed E-state index contributed by atoms with van der Waals surface area (Å²) in [6.45, 7) is 5.13. The smallest absolute Gasteiger partial charge is 0.306 e. The molecule has 1 aliphatic heterocycles. The van der Waals surface area contributed by atoms with E-state index in [0.717, 1.165) is 29.7 Å². The topological polar surface area (TPSA) is 52.3 Å². The SMILES string of the molecule is CC(C)CC1CC(c2onc(C3CCOC(=O)C3)c2C2CC2)C1. The first kappa shape index (κ1) is 15.2. The minimum atomic E-state index is -0.0896. The summed E-state index contributed by atoms with van der Waals surface area (Å²) in [5, 5.41) is 4.44. The Bertz CT molecular complexity index is 581. The van der Waals surface area contributed by atoms with E-state index in [0.29, 0.717) is 24.9 Å². The highest BCUT2D eigenvalue weighted by molar-refractivity contribution is 5.71. The molecule has 2 aliphatic carbocycles. The molecular formula is C19H27NO3. The molecule has 0 radical (unpaired) electrons. The van der Waals surface area contributed by atoms with Crippen molar-refractivity contribution in [2.45, 2.75) is 76.5 Å². The predicted molar refractivity (Wildman–Crippen MR) is 86.3 cm³/mol. The van der Waals surface area contributed by atoms with Gasteiger partial charge >= 0.3 is 5.97 Å². The van der Waals surface area contributed by atoms with Gasteiger partial charge in [-0.25, -0.2) is 0 Å². The predicted octanol–water partition coefficient (Wildman–Crippen LogP) is 4.51. The highest BCUT2D eigenvalue weighted by Crippen LogP contribution is 2.52. The molecular weight excluding hydrogens is 290 g/mol. The molecule has 1 aromatic heterocycles. The summed E-state index contributed by atoms with van der Waals surface area (Å²) in [4.78, 5) is 11.6. The van der Waals surface area contributed by atoms with Crippen molar-refractivity contribution >= 4 is 5.97 Å². The molecule has 0 bridgehead atoms. The summed E-state index contributed by atoms with van der Waals surface area (Å²) in [5.74, 6) is 4.10. The van der Waals surface area contributed by atoms with Crippen LogP contribution in [0.4, 0.5) is 0 Å². The number of cyclic esters (lactones) is 1. The van der Waals surface area contributed by atoms with Crippen molar-refractivity contribution in [2.75, 3.05) is 6.61 Å². The van der Waals surface area contributed by atoms with Gasteiger partial charge in [0.25, 0.3) is 0 Å². The zero-order valence-corrected chi connectivity index (χ0v) is 14.2. The molecule has 2 saturated carbocycles. The second-order valence-electron chi connectivity index (χ2n) is 8.19. The second kappa shape index (κ2) is 5.95. The van der Waals surface area contributed by atoms with Crippen LogP contribution in [0.15, 0.2) is 4.52 Å². The second-order valence-corrected chi connectivity index (χ2v) is 8.19. The van der Waals surface area contributed by atoms with Gasteiger partial charge in [-0.3, -0.25) is 4.79 Å². The monoisotopic (exact) mass is 317 g/mol. The summed E-state index contributed by atoms with van der Waals surface area (Å²) in [6.07, 6.45) is 7.68. The number of hydrogen-bond acceptors (Lipinski definition) is 4. The van der Waals surface area contributed by atoms with Crippen LogP contribution in [0.3, 0.4) is 0 Å². The number of hydrogen-bond donors (Lipinski definition) is 0. The molecule has 0 aromatic carbocycles. The number of esters is 1. The molecule has 0 spiro atoms. The number of ether oxygens (including phenoxy) is 1. The minimum Gasteiger partial charge on any atom is -0.466 e. The highest BCUT2D eigenvalue weighted by Gasteiger charge is 2.42. The van der Waals surface area contributed by atoms with Gasteiger partial charge in [0.05, 0.1) is 18.7 Å². The first-order valence-corrected chi connectivity index (χ1v) is 9.26. The summed E-state index contributed by atoms with van der Waals surface area (Å²) in [6, 6.07) is 0. The van der Waals surface area contributed by atoms with E-state index in [2.05, 4.69) is 19.0 Å². The molecule has 4 nitrogen and oxygen atoms in total. The van der Waals surface area contributed by atoms with E-state index in [1.54, 1.807) is 0 Å². The van der Waals surface area contributed by atoms with Crippen LogP contribution in [-0.2, 0) is 9.53 Å². The van der Waals surface area contributed by atoms with Gasteiger partial charge in [0, 0.05) is 17.4 Å². The summed E-state index contributed by atoms with van der Waals surface area (Å²) in [5.41, 5.74) is 2.45.